The molecule has 4 heteroatoms. The minimum Gasteiger partial charge on any atom is -0.314 e. The van der Waals surface area contributed by atoms with Crippen molar-refractivity contribution in [3.05, 3.63) is 29.8 Å². The van der Waals surface area contributed by atoms with Gasteiger partial charge in [0.25, 0.3) is 0 Å². The van der Waals surface area contributed by atoms with Gasteiger partial charge in [0.1, 0.15) is 0 Å². The van der Waals surface area contributed by atoms with Crippen LogP contribution in [0.4, 0.5) is 5.69 Å². The molecule has 0 spiro atoms. The number of benzene rings is 1. The number of rotatable bonds is 3. The van der Waals surface area contributed by atoms with Gasteiger partial charge in [-0.25, -0.2) is 0 Å². The normalized spacial score (nSPS) is 20.7. The summed E-state index contributed by atoms with van der Waals surface area (Å²) >= 11 is 4.61. The van der Waals surface area contributed by atoms with Crippen molar-refractivity contribution >= 4 is 23.1 Å². The molecular formula is C14H19N3S. The van der Waals surface area contributed by atoms with E-state index in [0.29, 0.717) is 12.1 Å². The number of piperazine rings is 1. The summed E-state index contributed by atoms with van der Waals surface area (Å²) in [5, 5.41) is 5.86. The highest BCUT2D eigenvalue weighted by Gasteiger charge is 2.25. The Morgan fingerprint density at radius 3 is 2.72 bits per heavy atom. The van der Waals surface area contributed by atoms with Gasteiger partial charge in [-0.15, -0.1) is 0 Å². The van der Waals surface area contributed by atoms with E-state index in [4.69, 9.17) is 0 Å². The molecule has 1 unspecified atom stereocenters. The molecule has 1 aromatic rings. The molecule has 1 aromatic carbocycles. The van der Waals surface area contributed by atoms with Crippen molar-refractivity contribution in [2.75, 3.05) is 19.6 Å². The predicted octanol–water partition coefficient (Wildman–Crippen LogP) is 2.78. The Hall–Kier alpha value is -1.06. The molecule has 2 rings (SSSR count). The monoisotopic (exact) mass is 261 g/mol. The molecular weight excluding hydrogens is 242 g/mol. The maximum atomic E-state index is 4.61. The number of hydrogen-bond acceptors (Lipinski definition) is 4. The van der Waals surface area contributed by atoms with E-state index < -0.39 is 0 Å². The second kappa shape index (κ2) is 6.21. The third-order valence-corrected chi connectivity index (χ3v) is 3.49. The summed E-state index contributed by atoms with van der Waals surface area (Å²) in [5.41, 5.74) is 2.20. The standard InChI is InChI=1S/C14H19N3S/c1-11(2)17-8-7-15-9-14(17)12-3-5-13(6-4-12)16-10-18/h3-6,11,14-15H,7-9H2,1-2H3. The molecule has 0 aromatic heterocycles. The highest BCUT2D eigenvalue weighted by molar-refractivity contribution is 7.78. The van der Waals surface area contributed by atoms with Gasteiger partial charge in [0.05, 0.1) is 10.8 Å². The van der Waals surface area contributed by atoms with Gasteiger partial charge in [-0.3, -0.25) is 4.90 Å². The third-order valence-electron chi connectivity index (χ3n) is 3.40. The lowest BCUT2D eigenvalue weighted by Gasteiger charge is -2.39. The number of hydrogen-bond donors (Lipinski definition) is 1. The van der Waals surface area contributed by atoms with Crippen LogP contribution in [0.1, 0.15) is 25.5 Å². The fourth-order valence-electron chi connectivity index (χ4n) is 2.47. The van der Waals surface area contributed by atoms with Gasteiger partial charge in [0.2, 0.25) is 0 Å². The van der Waals surface area contributed by atoms with Gasteiger partial charge in [0.15, 0.2) is 0 Å². The molecule has 1 aliphatic rings. The lowest BCUT2D eigenvalue weighted by Crippen LogP contribution is -2.48. The molecule has 1 fully saturated rings. The molecule has 1 heterocycles. The van der Waals surface area contributed by atoms with E-state index >= 15 is 0 Å². The quantitative estimate of drug-likeness (QED) is 0.670. The second-order valence-electron chi connectivity index (χ2n) is 4.85. The van der Waals surface area contributed by atoms with Crippen molar-refractivity contribution in [1.82, 2.24) is 10.2 Å². The molecule has 1 aliphatic heterocycles. The van der Waals surface area contributed by atoms with Crippen molar-refractivity contribution in [3.8, 4) is 0 Å². The summed E-state index contributed by atoms with van der Waals surface area (Å²) in [6, 6.07) is 9.29. The topological polar surface area (TPSA) is 27.6 Å². The average molecular weight is 261 g/mol. The first kappa shape index (κ1) is 13.4. The highest BCUT2D eigenvalue weighted by Crippen LogP contribution is 2.25. The van der Waals surface area contributed by atoms with Crippen LogP contribution in [0, 0.1) is 0 Å². The van der Waals surface area contributed by atoms with E-state index in [0.717, 1.165) is 25.3 Å². The van der Waals surface area contributed by atoms with Crippen molar-refractivity contribution in [2.24, 2.45) is 4.99 Å². The molecule has 1 N–H and O–H groups in total. The highest BCUT2D eigenvalue weighted by atomic mass is 32.1. The first-order valence-electron chi connectivity index (χ1n) is 6.36. The summed E-state index contributed by atoms with van der Waals surface area (Å²) in [7, 11) is 0. The fourth-order valence-corrected chi connectivity index (χ4v) is 2.58. The van der Waals surface area contributed by atoms with Crippen molar-refractivity contribution in [3.63, 3.8) is 0 Å². The lowest BCUT2D eigenvalue weighted by molar-refractivity contribution is 0.124. The first-order chi connectivity index (χ1) is 8.72. The van der Waals surface area contributed by atoms with Crippen molar-refractivity contribution < 1.29 is 0 Å². The Labute approximate surface area is 114 Å². The maximum absolute atomic E-state index is 4.61. The van der Waals surface area contributed by atoms with Gasteiger partial charge >= 0.3 is 0 Å². The van der Waals surface area contributed by atoms with Gasteiger partial charge in [-0.1, -0.05) is 12.1 Å². The Morgan fingerprint density at radius 1 is 1.39 bits per heavy atom. The average Bonchev–Trinajstić information content (AvgIpc) is 2.40. The molecule has 1 saturated heterocycles. The SMILES string of the molecule is CC(C)N1CCNCC1c1ccc(N=C=S)cc1. The van der Waals surface area contributed by atoms with Gasteiger partial charge in [-0.05, 0) is 43.8 Å². The van der Waals surface area contributed by atoms with E-state index in [-0.39, 0.29) is 0 Å². The summed E-state index contributed by atoms with van der Waals surface area (Å²) in [5.74, 6) is 0. The van der Waals surface area contributed by atoms with Crippen LogP contribution in [0.5, 0.6) is 0 Å². The zero-order chi connectivity index (χ0) is 13.0. The third kappa shape index (κ3) is 3.03. The van der Waals surface area contributed by atoms with Crippen LogP contribution in [-0.4, -0.2) is 35.7 Å². The fraction of sp³-hybridized carbons (Fsp3) is 0.500. The van der Waals surface area contributed by atoms with Crippen LogP contribution in [0.15, 0.2) is 29.3 Å². The summed E-state index contributed by atoms with van der Waals surface area (Å²) in [4.78, 5) is 6.52. The van der Waals surface area contributed by atoms with Crippen molar-refractivity contribution in [2.45, 2.75) is 25.9 Å². The largest absolute Gasteiger partial charge is 0.314 e. The maximum Gasteiger partial charge on any atom is 0.0739 e. The molecule has 0 amide bonds. The predicted molar refractivity (Wildman–Crippen MR) is 78.6 cm³/mol. The molecule has 1 atom stereocenters. The van der Waals surface area contributed by atoms with Crippen LogP contribution in [0.3, 0.4) is 0 Å². The van der Waals surface area contributed by atoms with Gasteiger partial charge in [0, 0.05) is 31.7 Å². The second-order valence-corrected chi connectivity index (χ2v) is 5.03. The zero-order valence-electron chi connectivity index (χ0n) is 10.9. The van der Waals surface area contributed by atoms with E-state index in [1.165, 1.54) is 5.56 Å². The summed E-state index contributed by atoms with van der Waals surface area (Å²) < 4.78 is 0. The molecule has 3 nitrogen and oxygen atoms in total. The number of thiocarbonyl (C=S) groups is 1. The number of isothiocyanates is 1. The van der Waals surface area contributed by atoms with Crippen LogP contribution < -0.4 is 5.32 Å². The first-order valence-corrected chi connectivity index (χ1v) is 6.77. The summed E-state index contributed by atoms with van der Waals surface area (Å²) in [6.45, 7) is 7.68. The van der Waals surface area contributed by atoms with Gasteiger partial charge < -0.3 is 5.32 Å². The van der Waals surface area contributed by atoms with E-state index in [1.807, 2.05) is 12.1 Å². The molecule has 0 bridgehead atoms. The van der Waals surface area contributed by atoms with Crippen LogP contribution in [0.25, 0.3) is 0 Å². The Balaban J connectivity index is 2.20. The molecule has 96 valence electrons. The van der Waals surface area contributed by atoms with E-state index in [1.54, 1.807) is 0 Å². The minimum atomic E-state index is 0.448. The van der Waals surface area contributed by atoms with Crippen molar-refractivity contribution in [1.29, 1.82) is 0 Å². The molecule has 0 radical (unpaired) electrons. The van der Waals surface area contributed by atoms with Gasteiger partial charge in [-0.2, -0.15) is 4.99 Å². The zero-order valence-corrected chi connectivity index (χ0v) is 11.7. The number of nitrogens with one attached hydrogen (secondary N) is 1. The van der Waals surface area contributed by atoms with E-state index in [2.05, 4.69) is 58.6 Å². The minimum absolute atomic E-state index is 0.448. The Morgan fingerprint density at radius 2 is 2.11 bits per heavy atom. The van der Waals surface area contributed by atoms with Crippen LogP contribution >= 0.6 is 12.2 Å². The smallest absolute Gasteiger partial charge is 0.0739 e. The molecule has 0 aliphatic carbocycles. The van der Waals surface area contributed by atoms with E-state index in [9.17, 15) is 0 Å². The van der Waals surface area contributed by atoms with Crippen LogP contribution in [0.2, 0.25) is 0 Å². The number of aliphatic imine (C=N–C) groups is 1. The van der Waals surface area contributed by atoms with Crippen LogP contribution in [-0.2, 0) is 0 Å². The molecule has 0 saturated carbocycles. The Bertz CT molecular complexity index is 435. The lowest BCUT2D eigenvalue weighted by atomic mass is 10.0. The Kier molecular flexibility index (Phi) is 4.61. The molecule has 18 heavy (non-hydrogen) atoms. The summed E-state index contributed by atoms with van der Waals surface area (Å²) in [6.07, 6.45) is 0. The number of nitrogens with zero attached hydrogens (tertiary/aromatic N) is 2.